The fourth-order valence-electron chi connectivity index (χ4n) is 4.15. The Balaban J connectivity index is 1.52. The maximum atomic E-state index is 14.6. The van der Waals surface area contributed by atoms with Crippen molar-refractivity contribution < 1.29 is 9.13 Å². The molecule has 4 heteroatoms. The molecule has 1 heterocycles. The van der Waals surface area contributed by atoms with E-state index in [9.17, 15) is 4.39 Å². The van der Waals surface area contributed by atoms with Crippen LogP contribution in [0.5, 0.6) is 5.88 Å². The number of methoxy groups -OCH3 is 1. The molecule has 0 amide bonds. The molecular formula is C23H31FN2O. The van der Waals surface area contributed by atoms with Crippen molar-refractivity contribution in [3.05, 3.63) is 41.7 Å². The van der Waals surface area contributed by atoms with Gasteiger partial charge in [-0.15, -0.1) is 10.2 Å². The van der Waals surface area contributed by atoms with Crippen LogP contribution < -0.4 is 4.74 Å². The molecule has 1 aromatic heterocycles. The summed E-state index contributed by atoms with van der Waals surface area (Å²) in [4.78, 5) is 0. The summed E-state index contributed by atoms with van der Waals surface area (Å²) < 4.78 is 19.6. The molecule has 0 atom stereocenters. The Hall–Kier alpha value is -1.97. The van der Waals surface area contributed by atoms with Crippen LogP contribution in [-0.2, 0) is 6.42 Å². The average Bonchev–Trinajstić information content (AvgIpc) is 2.72. The lowest BCUT2D eigenvalue weighted by Crippen LogP contribution is -2.15. The van der Waals surface area contributed by atoms with E-state index in [2.05, 4.69) is 17.1 Å². The van der Waals surface area contributed by atoms with Crippen molar-refractivity contribution in [3.8, 4) is 17.1 Å². The van der Waals surface area contributed by atoms with Crippen molar-refractivity contribution >= 4 is 0 Å². The molecule has 0 bridgehead atoms. The number of hydrogen-bond acceptors (Lipinski definition) is 3. The first-order valence-corrected chi connectivity index (χ1v) is 10.4. The zero-order valence-electron chi connectivity index (χ0n) is 16.6. The molecule has 0 N–H and O–H groups in total. The Kier molecular flexibility index (Phi) is 7.19. The van der Waals surface area contributed by atoms with Gasteiger partial charge in [-0.3, -0.25) is 0 Å². The molecule has 1 aliphatic rings. The van der Waals surface area contributed by atoms with Crippen LogP contribution >= 0.6 is 0 Å². The van der Waals surface area contributed by atoms with E-state index in [1.165, 1.54) is 44.9 Å². The van der Waals surface area contributed by atoms with E-state index >= 15 is 0 Å². The van der Waals surface area contributed by atoms with Gasteiger partial charge >= 0.3 is 0 Å². The fourth-order valence-corrected chi connectivity index (χ4v) is 4.15. The number of halogens is 1. The van der Waals surface area contributed by atoms with Gasteiger partial charge in [-0.1, -0.05) is 64.0 Å². The average molecular weight is 371 g/mol. The predicted molar refractivity (Wildman–Crippen MR) is 107 cm³/mol. The summed E-state index contributed by atoms with van der Waals surface area (Å²) in [7, 11) is 1.55. The topological polar surface area (TPSA) is 35.0 Å². The minimum atomic E-state index is -0.137. The number of rotatable bonds is 8. The molecule has 0 aliphatic heterocycles. The summed E-state index contributed by atoms with van der Waals surface area (Å²) in [5.74, 6) is 2.01. The van der Waals surface area contributed by atoms with Gasteiger partial charge in [-0.25, -0.2) is 4.39 Å². The first-order chi connectivity index (χ1) is 13.2. The van der Waals surface area contributed by atoms with E-state index in [1.54, 1.807) is 25.3 Å². The third-order valence-electron chi connectivity index (χ3n) is 5.95. The second kappa shape index (κ2) is 9.82. The van der Waals surface area contributed by atoms with E-state index in [4.69, 9.17) is 4.74 Å². The van der Waals surface area contributed by atoms with Gasteiger partial charge in [0.1, 0.15) is 5.82 Å². The van der Waals surface area contributed by atoms with Gasteiger partial charge in [0, 0.05) is 11.6 Å². The quantitative estimate of drug-likeness (QED) is 0.553. The highest BCUT2D eigenvalue weighted by Crippen LogP contribution is 2.34. The Morgan fingerprint density at radius 2 is 1.74 bits per heavy atom. The molecule has 0 spiro atoms. The Labute approximate surface area is 162 Å². The first kappa shape index (κ1) is 19.8. The van der Waals surface area contributed by atoms with Crippen LogP contribution in [0.1, 0.15) is 63.9 Å². The van der Waals surface area contributed by atoms with Gasteiger partial charge < -0.3 is 4.74 Å². The van der Waals surface area contributed by atoms with E-state index < -0.39 is 0 Å². The van der Waals surface area contributed by atoms with E-state index in [1.807, 2.05) is 12.1 Å². The summed E-state index contributed by atoms with van der Waals surface area (Å²) in [6, 6.07) is 8.97. The maximum Gasteiger partial charge on any atom is 0.233 e. The molecule has 0 unspecified atom stereocenters. The Morgan fingerprint density at radius 3 is 2.33 bits per heavy atom. The van der Waals surface area contributed by atoms with Crippen LogP contribution in [0.15, 0.2) is 30.3 Å². The van der Waals surface area contributed by atoms with Gasteiger partial charge in [0.2, 0.25) is 5.88 Å². The number of ether oxygens (including phenoxy) is 1. The fraction of sp³-hybridized carbons (Fsp3) is 0.565. The monoisotopic (exact) mass is 370 g/mol. The molecule has 3 rings (SSSR count). The largest absolute Gasteiger partial charge is 0.480 e. The molecule has 0 saturated heterocycles. The number of nitrogens with zero attached hydrogens (tertiary/aromatic N) is 2. The van der Waals surface area contributed by atoms with Crippen LogP contribution in [0.4, 0.5) is 4.39 Å². The van der Waals surface area contributed by atoms with Gasteiger partial charge in [-0.05, 0) is 42.4 Å². The van der Waals surface area contributed by atoms with Crippen molar-refractivity contribution in [2.24, 2.45) is 11.8 Å². The van der Waals surface area contributed by atoms with Crippen molar-refractivity contribution in [2.75, 3.05) is 7.11 Å². The zero-order chi connectivity index (χ0) is 19.1. The highest BCUT2D eigenvalue weighted by Gasteiger charge is 2.21. The van der Waals surface area contributed by atoms with Crippen LogP contribution in [0.2, 0.25) is 0 Å². The lowest BCUT2D eigenvalue weighted by Gasteiger charge is -2.28. The van der Waals surface area contributed by atoms with E-state index in [0.717, 1.165) is 35.8 Å². The number of aromatic nitrogens is 2. The number of unbranched alkanes of at least 4 members (excludes halogenated alkanes) is 1. The third-order valence-corrected chi connectivity index (χ3v) is 5.95. The smallest absolute Gasteiger partial charge is 0.233 e. The van der Waals surface area contributed by atoms with Crippen molar-refractivity contribution in [1.29, 1.82) is 0 Å². The molecule has 27 heavy (non-hydrogen) atoms. The van der Waals surface area contributed by atoms with Gasteiger partial charge in [0.15, 0.2) is 0 Å². The Bertz CT molecular complexity index is 709. The standard InChI is InChI=1S/C23H31FN2O/c1-3-4-5-17-6-8-18(9-7-17)10-11-19-12-13-20(16-21(19)24)22-14-15-23(27-2)26-25-22/h12-18H,3-11H2,1-2H3. The predicted octanol–water partition coefficient (Wildman–Crippen LogP) is 6.22. The second-order valence-electron chi connectivity index (χ2n) is 7.83. The van der Waals surface area contributed by atoms with E-state index in [0.29, 0.717) is 11.6 Å². The maximum absolute atomic E-state index is 14.6. The molecule has 3 nitrogen and oxygen atoms in total. The van der Waals surface area contributed by atoms with Crippen LogP contribution in [0.25, 0.3) is 11.3 Å². The lowest BCUT2D eigenvalue weighted by atomic mass is 9.78. The summed E-state index contributed by atoms with van der Waals surface area (Å²) in [6.07, 6.45) is 11.3. The highest BCUT2D eigenvalue weighted by molar-refractivity contribution is 5.59. The lowest BCUT2D eigenvalue weighted by molar-refractivity contribution is 0.249. The van der Waals surface area contributed by atoms with Gasteiger partial charge in [0.05, 0.1) is 12.8 Å². The minimum Gasteiger partial charge on any atom is -0.480 e. The molecule has 0 radical (unpaired) electrons. The van der Waals surface area contributed by atoms with E-state index in [-0.39, 0.29) is 5.82 Å². The number of hydrogen-bond donors (Lipinski definition) is 0. The first-order valence-electron chi connectivity index (χ1n) is 10.4. The normalized spacial score (nSPS) is 19.8. The molecule has 2 aromatic rings. The third kappa shape index (κ3) is 5.50. The number of benzene rings is 1. The molecule has 1 aromatic carbocycles. The molecular weight excluding hydrogens is 339 g/mol. The molecule has 1 fully saturated rings. The summed E-state index contributed by atoms with van der Waals surface area (Å²) in [5, 5.41) is 8.05. The zero-order valence-corrected chi connectivity index (χ0v) is 16.6. The minimum absolute atomic E-state index is 0.137. The van der Waals surface area contributed by atoms with Crippen LogP contribution in [-0.4, -0.2) is 17.3 Å². The summed E-state index contributed by atoms with van der Waals surface area (Å²) in [5.41, 5.74) is 2.22. The van der Waals surface area contributed by atoms with Crippen molar-refractivity contribution in [2.45, 2.75) is 64.7 Å². The molecule has 1 saturated carbocycles. The number of aryl methyl sites for hydroxylation is 1. The van der Waals surface area contributed by atoms with Gasteiger partial charge in [0.25, 0.3) is 0 Å². The van der Waals surface area contributed by atoms with Crippen molar-refractivity contribution in [3.63, 3.8) is 0 Å². The highest BCUT2D eigenvalue weighted by atomic mass is 19.1. The molecule has 146 valence electrons. The summed E-state index contributed by atoms with van der Waals surface area (Å²) in [6.45, 7) is 2.27. The summed E-state index contributed by atoms with van der Waals surface area (Å²) >= 11 is 0. The molecule has 1 aliphatic carbocycles. The SMILES string of the molecule is CCCCC1CCC(CCc2ccc(-c3ccc(OC)nn3)cc2F)CC1. The van der Waals surface area contributed by atoms with Crippen molar-refractivity contribution in [1.82, 2.24) is 10.2 Å². The van der Waals surface area contributed by atoms with Crippen LogP contribution in [0.3, 0.4) is 0 Å². The van der Waals surface area contributed by atoms with Gasteiger partial charge in [-0.2, -0.15) is 0 Å². The second-order valence-corrected chi connectivity index (χ2v) is 7.83. The van der Waals surface area contributed by atoms with Crippen LogP contribution in [0, 0.1) is 17.7 Å². The Morgan fingerprint density at radius 1 is 1.00 bits per heavy atom.